The molecule has 1 aromatic rings. The van der Waals surface area contributed by atoms with Gasteiger partial charge in [-0.05, 0) is 37.3 Å². The zero-order chi connectivity index (χ0) is 15.1. The standard InChI is InChI=1S/C18H25N3O/c19-10-14-11-20(12-16(14)13-4-2-1-3-5-13)17-8-9-21(18(17)22)15-6-7-15/h1-5,14-17H,6-12,19H2/t14-,16+,17?/m1/s1. The summed E-state index contributed by atoms with van der Waals surface area (Å²) in [7, 11) is 0. The third kappa shape index (κ3) is 2.44. The van der Waals surface area contributed by atoms with Crippen molar-refractivity contribution in [2.75, 3.05) is 26.2 Å². The van der Waals surface area contributed by atoms with Gasteiger partial charge < -0.3 is 10.6 Å². The number of nitrogens with two attached hydrogens (primary N) is 1. The van der Waals surface area contributed by atoms with E-state index in [0.29, 0.717) is 30.3 Å². The van der Waals surface area contributed by atoms with Crippen LogP contribution in [0.1, 0.15) is 30.7 Å². The van der Waals surface area contributed by atoms with Crippen molar-refractivity contribution in [1.82, 2.24) is 9.80 Å². The molecule has 1 unspecified atom stereocenters. The summed E-state index contributed by atoms with van der Waals surface area (Å²) >= 11 is 0. The average molecular weight is 299 g/mol. The van der Waals surface area contributed by atoms with Gasteiger partial charge in [0.1, 0.15) is 0 Å². The molecule has 1 aliphatic carbocycles. The average Bonchev–Trinajstić information content (AvgIpc) is 3.19. The summed E-state index contributed by atoms with van der Waals surface area (Å²) in [5, 5.41) is 0. The molecule has 2 aliphatic heterocycles. The molecule has 2 heterocycles. The van der Waals surface area contributed by atoms with E-state index in [1.807, 2.05) is 0 Å². The fraction of sp³-hybridized carbons (Fsp3) is 0.611. The Balaban J connectivity index is 1.49. The Morgan fingerprint density at radius 3 is 2.55 bits per heavy atom. The van der Waals surface area contributed by atoms with E-state index in [9.17, 15) is 4.79 Å². The predicted octanol–water partition coefficient (Wildman–Crippen LogP) is 1.42. The van der Waals surface area contributed by atoms with Crippen molar-refractivity contribution in [3.63, 3.8) is 0 Å². The van der Waals surface area contributed by atoms with E-state index in [1.165, 1.54) is 18.4 Å². The van der Waals surface area contributed by atoms with Crippen molar-refractivity contribution in [3.8, 4) is 0 Å². The lowest BCUT2D eigenvalue weighted by Gasteiger charge is -2.23. The van der Waals surface area contributed by atoms with Crippen LogP contribution in [0.4, 0.5) is 0 Å². The number of nitrogens with zero attached hydrogens (tertiary/aromatic N) is 2. The zero-order valence-corrected chi connectivity index (χ0v) is 13.0. The number of rotatable bonds is 4. The molecule has 4 rings (SSSR count). The Hall–Kier alpha value is -1.39. The van der Waals surface area contributed by atoms with Crippen molar-refractivity contribution in [3.05, 3.63) is 35.9 Å². The monoisotopic (exact) mass is 299 g/mol. The van der Waals surface area contributed by atoms with E-state index in [1.54, 1.807) is 0 Å². The van der Waals surface area contributed by atoms with Gasteiger partial charge in [0.25, 0.3) is 0 Å². The van der Waals surface area contributed by atoms with Crippen LogP contribution in [-0.2, 0) is 4.79 Å². The summed E-state index contributed by atoms with van der Waals surface area (Å²) < 4.78 is 0. The lowest BCUT2D eigenvalue weighted by molar-refractivity contribution is -0.132. The smallest absolute Gasteiger partial charge is 0.240 e. The van der Waals surface area contributed by atoms with Crippen LogP contribution >= 0.6 is 0 Å². The Labute approximate surface area is 132 Å². The molecule has 22 heavy (non-hydrogen) atoms. The Morgan fingerprint density at radius 2 is 1.86 bits per heavy atom. The van der Waals surface area contributed by atoms with Gasteiger partial charge in [0.2, 0.25) is 5.91 Å². The van der Waals surface area contributed by atoms with Crippen molar-refractivity contribution in [1.29, 1.82) is 0 Å². The maximum Gasteiger partial charge on any atom is 0.240 e. The fourth-order valence-corrected chi connectivity index (χ4v) is 4.25. The predicted molar refractivity (Wildman–Crippen MR) is 86.4 cm³/mol. The molecule has 4 heteroatoms. The van der Waals surface area contributed by atoms with E-state index in [4.69, 9.17) is 5.73 Å². The number of amides is 1. The van der Waals surface area contributed by atoms with Crippen LogP contribution in [-0.4, -0.2) is 54.0 Å². The first-order valence-corrected chi connectivity index (χ1v) is 8.57. The molecule has 118 valence electrons. The van der Waals surface area contributed by atoms with Crippen molar-refractivity contribution in [2.45, 2.75) is 37.3 Å². The van der Waals surface area contributed by atoms with Gasteiger partial charge in [-0.3, -0.25) is 9.69 Å². The van der Waals surface area contributed by atoms with Gasteiger partial charge in [0.15, 0.2) is 0 Å². The number of carbonyl (C=O) groups excluding carboxylic acids is 1. The highest BCUT2D eigenvalue weighted by molar-refractivity contribution is 5.84. The number of likely N-dealkylation sites (tertiary alicyclic amines) is 2. The number of hydrogen-bond acceptors (Lipinski definition) is 3. The number of carbonyl (C=O) groups is 1. The van der Waals surface area contributed by atoms with Crippen LogP contribution in [0.2, 0.25) is 0 Å². The highest BCUT2D eigenvalue weighted by Gasteiger charge is 2.45. The molecule has 2 saturated heterocycles. The molecule has 0 radical (unpaired) electrons. The van der Waals surface area contributed by atoms with Crippen LogP contribution in [0, 0.1) is 5.92 Å². The second-order valence-electron chi connectivity index (χ2n) is 7.03. The molecular formula is C18H25N3O. The first-order chi connectivity index (χ1) is 10.8. The summed E-state index contributed by atoms with van der Waals surface area (Å²) in [6.07, 6.45) is 3.40. The minimum Gasteiger partial charge on any atom is -0.338 e. The van der Waals surface area contributed by atoms with Gasteiger partial charge in [-0.2, -0.15) is 0 Å². The largest absolute Gasteiger partial charge is 0.338 e. The van der Waals surface area contributed by atoms with Crippen LogP contribution in [0.25, 0.3) is 0 Å². The van der Waals surface area contributed by atoms with E-state index in [0.717, 1.165) is 26.1 Å². The summed E-state index contributed by atoms with van der Waals surface area (Å²) in [6.45, 7) is 3.59. The molecule has 2 N–H and O–H groups in total. The quantitative estimate of drug-likeness (QED) is 0.915. The third-order valence-corrected chi connectivity index (χ3v) is 5.64. The lowest BCUT2D eigenvalue weighted by atomic mass is 9.89. The second-order valence-corrected chi connectivity index (χ2v) is 7.03. The van der Waals surface area contributed by atoms with Gasteiger partial charge in [0, 0.05) is 31.6 Å². The normalized spacial score (nSPS) is 32.9. The summed E-state index contributed by atoms with van der Waals surface area (Å²) in [4.78, 5) is 17.2. The summed E-state index contributed by atoms with van der Waals surface area (Å²) in [6, 6.07) is 11.3. The van der Waals surface area contributed by atoms with Gasteiger partial charge in [-0.15, -0.1) is 0 Å². The highest BCUT2D eigenvalue weighted by atomic mass is 16.2. The maximum atomic E-state index is 12.7. The van der Waals surface area contributed by atoms with Crippen molar-refractivity contribution >= 4 is 5.91 Å². The molecule has 3 atom stereocenters. The summed E-state index contributed by atoms with van der Waals surface area (Å²) in [5.41, 5.74) is 7.39. The SMILES string of the molecule is NC[C@@H]1CN(C2CCN(C3CC3)C2=O)C[C@H]1c1ccccc1. The van der Waals surface area contributed by atoms with E-state index < -0.39 is 0 Å². The second kappa shape index (κ2) is 5.67. The van der Waals surface area contributed by atoms with Gasteiger partial charge in [-0.25, -0.2) is 0 Å². The Kier molecular flexibility index (Phi) is 3.66. The number of benzene rings is 1. The first kappa shape index (κ1) is 14.2. The molecule has 0 bridgehead atoms. The molecular weight excluding hydrogens is 274 g/mol. The zero-order valence-electron chi connectivity index (χ0n) is 13.0. The van der Waals surface area contributed by atoms with Crippen LogP contribution in [0.5, 0.6) is 0 Å². The van der Waals surface area contributed by atoms with Crippen LogP contribution in [0.3, 0.4) is 0 Å². The van der Waals surface area contributed by atoms with E-state index >= 15 is 0 Å². The van der Waals surface area contributed by atoms with Crippen LogP contribution < -0.4 is 5.73 Å². The minimum atomic E-state index is 0.100. The molecule has 1 aromatic carbocycles. The van der Waals surface area contributed by atoms with E-state index in [2.05, 4.69) is 40.1 Å². The molecule has 3 aliphatic rings. The highest BCUT2D eigenvalue weighted by Crippen LogP contribution is 2.37. The first-order valence-electron chi connectivity index (χ1n) is 8.57. The Bertz CT molecular complexity index is 543. The topological polar surface area (TPSA) is 49.6 Å². The molecule has 0 spiro atoms. The van der Waals surface area contributed by atoms with Crippen molar-refractivity contribution < 1.29 is 4.79 Å². The van der Waals surface area contributed by atoms with Crippen molar-refractivity contribution in [2.24, 2.45) is 11.7 Å². The molecule has 1 amide bonds. The third-order valence-electron chi connectivity index (χ3n) is 5.64. The molecule has 4 nitrogen and oxygen atoms in total. The Morgan fingerprint density at radius 1 is 1.09 bits per heavy atom. The minimum absolute atomic E-state index is 0.100. The van der Waals surface area contributed by atoms with Gasteiger partial charge >= 0.3 is 0 Å². The molecule has 1 saturated carbocycles. The van der Waals surface area contributed by atoms with Gasteiger partial charge in [-0.1, -0.05) is 30.3 Å². The van der Waals surface area contributed by atoms with E-state index in [-0.39, 0.29) is 6.04 Å². The molecule has 0 aromatic heterocycles. The lowest BCUT2D eigenvalue weighted by Crippen LogP contribution is -2.41. The maximum absolute atomic E-state index is 12.7. The van der Waals surface area contributed by atoms with Gasteiger partial charge in [0.05, 0.1) is 6.04 Å². The van der Waals surface area contributed by atoms with Crippen LogP contribution in [0.15, 0.2) is 30.3 Å². The fourth-order valence-electron chi connectivity index (χ4n) is 4.25. The molecule has 3 fully saturated rings. The summed E-state index contributed by atoms with van der Waals surface area (Å²) in [5.74, 6) is 1.30. The number of hydrogen-bond donors (Lipinski definition) is 1.